The van der Waals surface area contributed by atoms with Crippen LogP contribution in [0.5, 0.6) is 0 Å². The summed E-state index contributed by atoms with van der Waals surface area (Å²) >= 11 is 0. The topological polar surface area (TPSA) is 34.6 Å². The van der Waals surface area contributed by atoms with Gasteiger partial charge in [-0.2, -0.15) is 0 Å². The molecule has 5 heteroatoms. The Balaban J connectivity index is 1.62. The predicted octanol–water partition coefficient (Wildman–Crippen LogP) is 1.33. The number of hydrogen-bond acceptors (Lipinski definition) is 4. The van der Waals surface area contributed by atoms with Crippen molar-refractivity contribution < 1.29 is 9.31 Å². The summed E-state index contributed by atoms with van der Waals surface area (Å²) in [6.45, 7) is 2.96. The number of aromatic nitrogens is 1. The average Bonchev–Trinajstić information content (AvgIpc) is 2.49. The first-order valence-corrected chi connectivity index (χ1v) is 6.87. The second kappa shape index (κ2) is 6.54. The van der Waals surface area contributed by atoms with Gasteiger partial charge in [0, 0.05) is 38.2 Å². The molecule has 1 aliphatic rings. The molecular weight excluding hydrogens is 251 g/mol. The zero-order valence-electron chi connectivity index (χ0n) is 11.3. The van der Waals surface area contributed by atoms with E-state index in [0.717, 1.165) is 18.7 Å². The molecule has 0 radical (unpaired) electrons. The van der Waals surface area contributed by atoms with E-state index in [1.54, 1.807) is 6.20 Å². The van der Waals surface area contributed by atoms with Crippen molar-refractivity contribution in [2.75, 3.05) is 31.2 Å². The molecule has 0 aliphatic carbocycles. The van der Waals surface area contributed by atoms with Crippen molar-refractivity contribution in [3.8, 4) is 0 Å². The first-order valence-electron chi connectivity index (χ1n) is 6.87. The summed E-state index contributed by atoms with van der Waals surface area (Å²) < 4.78 is 11.6. The molecule has 0 unspecified atom stereocenters. The van der Waals surface area contributed by atoms with Crippen molar-refractivity contribution in [2.24, 2.45) is 0 Å². The highest BCUT2D eigenvalue weighted by atomic mass is 16.6. The van der Waals surface area contributed by atoms with Crippen LogP contribution in [0.3, 0.4) is 0 Å². The van der Waals surface area contributed by atoms with Gasteiger partial charge in [0.1, 0.15) is 0 Å². The Labute approximate surface area is 119 Å². The number of benzene rings is 1. The van der Waals surface area contributed by atoms with Crippen molar-refractivity contribution >= 4 is 18.4 Å². The Kier molecular flexibility index (Phi) is 4.30. The smallest absolute Gasteiger partial charge is 0.404 e. The fourth-order valence-corrected chi connectivity index (χ4v) is 2.28. The third kappa shape index (κ3) is 3.18. The largest absolute Gasteiger partial charge is 0.513 e. The highest BCUT2D eigenvalue weighted by Gasteiger charge is 2.25. The fraction of sp³-hybridized carbons (Fsp3) is 0.267. The molecule has 20 heavy (non-hydrogen) atoms. The van der Waals surface area contributed by atoms with E-state index < -0.39 is 0 Å². The van der Waals surface area contributed by atoms with Gasteiger partial charge in [0.15, 0.2) is 0 Å². The highest BCUT2D eigenvalue weighted by molar-refractivity contribution is 6.60. The van der Waals surface area contributed by atoms with Crippen LogP contribution in [0, 0.1) is 0 Å². The summed E-state index contributed by atoms with van der Waals surface area (Å²) in [5, 5.41) is 0. The molecule has 0 spiro atoms. The maximum absolute atomic E-state index is 5.79. The van der Waals surface area contributed by atoms with Crippen LogP contribution in [0.2, 0.25) is 0 Å². The maximum atomic E-state index is 5.79. The summed E-state index contributed by atoms with van der Waals surface area (Å²) in [7, 11) is -0.353. The van der Waals surface area contributed by atoms with Gasteiger partial charge in [-0.05, 0) is 24.3 Å². The third-order valence-electron chi connectivity index (χ3n) is 3.31. The zero-order chi connectivity index (χ0) is 13.6. The van der Waals surface area contributed by atoms with Gasteiger partial charge in [0.05, 0.1) is 5.59 Å². The molecular formula is C15H17BN2O2. The monoisotopic (exact) mass is 268 g/mol. The lowest BCUT2D eigenvalue weighted by molar-refractivity contribution is 0.197. The quantitative estimate of drug-likeness (QED) is 0.770. The second-order valence-electron chi connectivity index (χ2n) is 4.65. The molecule has 3 rings (SSSR count). The van der Waals surface area contributed by atoms with E-state index in [4.69, 9.17) is 9.31 Å². The maximum Gasteiger partial charge on any atom is 0.513 e. The lowest BCUT2D eigenvalue weighted by Gasteiger charge is -2.28. The molecule has 0 N–H and O–H groups in total. The highest BCUT2D eigenvalue weighted by Crippen LogP contribution is 2.13. The number of pyridine rings is 1. The van der Waals surface area contributed by atoms with Crippen LogP contribution in [0.4, 0.5) is 5.69 Å². The van der Waals surface area contributed by atoms with Crippen molar-refractivity contribution in [2.45, 2.75) is 0 Å². The summed E-state index contributed by atoms with van der Waals surface area (Å²) in [5.41, 5.74) is 2.04. The Bertz CT molecular complexity index is 466. The molecule has 1 fully saturated rings. The molecule has 0 saturated carbocycles. The van der Waals surface area contributed by atoms with Crippen LogP contribution in [0.15, 0.2) is 54.7 Å². The lowest BCUT2D eigenvalue weighted by atomic mass is 9.83. The summed E-state index contributed by atoms with van der Waals surface area (Å²) in [4.78, 5) is 6.56. The van der Waals surface area contributed by atoms with Crippen LogP contribution >= 0.6 is 0 Å². The molecule has 2 aromatic rings. The molecule has 102 valence electrons. The minimum atomic E-state index is -0.353. The van der Waals surface area contributed by atoms with E-state index in [0.29, 0.717) is 13.2 Å². The zero-order valence-corrected chi connectivity index (χ0v) is 11.3. The van der Waals surface area contributed by atoms with Crippen LogP contribution in [0.25, 0.3) is 0 Å². The minimum absolute atomic E-state index is 0.353. The van der Waals surface area contributed by atoms with E-state index in [2.05, 4.69) is 22.0 Å². The summed E-state index contributed by atoms with van der Waals surface area (Å²) in [6.07, 6.45) is 1.76. The third-order valence-corrected chi connectivity index (χ3v) is 3.31. The van der Waals surface area contributed by atoms with Gasteiger partial charge < -0.3 is 14.2 Å². The molecule has 2 heterocycles. The summed E-state index contributed by atoms with van der Waals surface area (Å²) in [6, 6.07) is 16.1. The standard InChI is InChI=1S/C15H17BN2O2/c1-2-6-14(7-3-1)18-10-12-19-16(20-13-11-18)15-8-4-5-9-17-15/h1-9H,10-13H2. The van der Waals surface area contributed by atoms with Gasteiger partial charge in [-0.3, -0.25) is 4.98 Å². The van der Waals surface area contributed by atoms with Crippen LogP contribution in [-0.4, -0.2) is 38.4 Å². The Hall–Kier alpha value is -1.85. The van der Waals surface area contributed by atoms with E-state index >= 15 is 0 Å². The SMILES string of the molecule is c1ccc(N2CCOB(c3ccccn3)OCC2)cc1. The Morgan fingerprint density at radius 3 is 2.25 bits per heavy atom. The molecule has 0 atom stereocenters. The molecule has 1 saturated heterocycles. The van der Waals surface area contributed by atoms with Crippen molar-refractivity contribution in [3.63, 3.8) is 0 Å². The van der Waals surface area contributed by atoms with Gasteiger partial charge >= 0.3 is 7.12 Å². The molecule has 1 aliphatic heterocycles. The van der Waals surface area contributed by atoms with Crippen LogP contribution in [0.1, 0.15) is 0 Å². The first kappa shape index (κ1) is 13.2. The van der Waals surface area contributed by atoms with Gasteiger partial charge in [0.2, 0.25) is 0 Å². The molecule has 0 amide bonds. The van der Waals surface area contributed by atoms with Crippen LogP contribution in [-0.2, 0) is 9.31 Å². The van der Waals surface area contributed by atoms with E-state index in [9.17, 15) is 0 Å². The molecule has 1 aromatic heterocycles. The van der Waals surface area contributed by atoms with Gasteiger partial charge in [-0.1, -0.05) is 24.3 Å². The van der Waals surface area contributed by atoms with Crippen molar-refractivity contribution in [1.29, 1.82) is 0 Å². The average molecular weight is 268 g/mol. The molecule has 0 bridgehead atoms. The number of para-hydroxylation sites is 1. The number of nitrogens with zero attached hydrogens (tertiary/aromatic N) is 2. The van der Waals surface area contributed by atoms with E-state index in [-0.39, 0.29) is 7.12 Å². The molecule has 4 nitrogen and oxygen atoms in total. The van der Waals surface area contributed by atoms with E-state index in [1.807, 2.05) is 36.4 Å². The normalized spacial score (nSPS) is 16.6. The van der Waals surface area contributed by atoms with E-state index in [1.165, 1.54) is 5.69 Å². The minimum Gasteiger partial charge on any atom is -0.404 e. The van der Waals surface area contributed by atoms with Crippen molar-refractivity contribution in [1.82, 2.24) is 4.98 Å². The number of hydrogen-bond donors (Lipinski definition) is 0. The predicted molar refractivity (Wildman–Crippen MR) is 80.2 cm³/mol. The number of rotatable bonds is 2. The lowest BCUT2D eigenvalue weighted by Crippen LogP contribution is -2.45. The molecule has 1 aromatic carbocycles. The first-order chi connectivity index (χ1) is 9.93. The summed E-state index contributed by atoms with van der Waals surface area (Å²) in [5.74, 6) is 0. The van der Waals surface area contributed by atoms with Gasteiger partial charge in [-0.25, -0.2) is 0 Å². The van der Waals surface area contributed by atoms with Gasteiger partial charge in [0.25, 0.3) is 0 Å². The Morgan fingerprint density at radius 1 is 0.900 bits per heavy atom. The van der Waals surface area contributed by atoms with Gasteiger partial charge in [-0.15, -0.1) is 0 Å². The number of anilines is 1. The van der Waals surface area contributed by atoms with Crippen LogP contribution < -0.4 is 10.5 Å². The fourth-order valence-electron chi connectivity index (χ4n) is 2.28. The Morgan fingerprint density at radius 2 is 1.60 bits per heavy atom. The second-order valence-corrected chi connectivity index (χ2v) is 4.65. The van der Waals surface area contributed by atoms with Crippen molar-refractivity contribution in [3.05, 3.63) is 54.7 Å².